The Kier molecular flexibility index (Phi) is 4.64. The molecule has 5 nitrogen and oxygen atoms in total. The van der Waals surface area contributed by atoms with Crippen molar-refractivity contribution in [2.45, 2.75) is 32.0 Å². The number of rotatable bonds is 6. The third kappa shape index (κ3) is 4.12. The highest BCUT2D eigenvalue weighted by atomic mass is 16.7. The van der Waals surface area contributed by atoms with E-state index in [1.807, 2.05) is 0 Å². The summed E-state index contributed by atoms with van der Waals surface area (Å²) >= 11 is 0. The second-order valence-electron chi connectivity index (χ2n) is 3.73. The van der Waals surface area contributed by atoms with Gasteiger partial charge in [-0.1, -0.05) is 6.08 Å². The van der Waals surface area contributed by atoms with Crippen molar-refractivity contribution < 1.29 is 24.2 Å². The highest BCUT2D eigenvalue weighted by molar-refractivity contribution is 5.87. The SMILES string of the molecule is CC(=O)/C=C/CCC1(CC(=O)O)OCCO1. The number of hydrogen-bond donors (Lipinski definition) is 1. The molecule has 0 radical (unpaired) electrons. The van der Waals surface area contributed by atoms with Crippen molar-refractivity contribution in [1.82, 2.24) is 0 Å². The maximum Gasteiger partial charge on any atom is 0.308 e. The summed E-state index contributed by atoms with van der Waals surface area (Å²) in [6.45, 7) is 2.31. The minimum atomic E-state index is -1.01. The lowest BCUT2D eigenvalue weighted by atomic mass is 10.1. The number of hydrogen-bond acceptors (Lipinski definition) is 4. The highest BCUT2D eigenvalue weighted by Crippen LogP contribution is 2.28. The largest absolute Gasteiger partial charge is 0.481 e. The van der Waals surface area contributed by atoms with E-state index in [9.17, 15) is 9.59 Å². The van der Waals surface area contributed by atoms with Crippen LogP contribution in [0, 0.1) is 0 Å². The third-order valence-electron chi connectivity index (χ3n) is 2.28. The van der Waals surface area contributed by atoms with Crippen LogP contribution in [-0.4, -0.2) is 35.9 Å². The van der Waals surface area contributed by atoms with Gasteiger partial charge < -0.3 is 14.6 Å². The van der Waals surface area contributed by atoms with Crippen molar-refractivity contribution in [2.75, 3.05) is 13.2 Å². The van der Waals surface area contributed by atoms with Gasteiger partial charge in [-0.2, -0.15) is 0 Å². The van der Waals surface area contributed by atoms with Gasteiger partial charge in [-0.05, 0) is 19.4 Å². The summed E-state index contributed by atoms with van der Waals surface area (Å²) in [4.78, 5) is 21.3. The van der Waals surface area contributed by atoms with Gasteiger partial charge in [-0.15, -0.1) is 0 Å². The van der Waals surface area contributed by atoms with Crippen LogP contribution in [0.25, 0.3) is 0 Å². The molecule has 1 saturated heterocycles. The second-order valence-corrected chi connectivity index (χ2v) is 3.73. The van der Waals surface area contributed by atoms with Gasteiger partial charge in [0.25, 0.3) is 0 Å². The molecule has 0 saturated carbocycles. The topological polar surface area (TPSA) is 72.8 Å². The molecule has 0 aromatic heterocycles. The fraction of sp³-hybridized carbons (Fsp3) is 0.636. The first-order valence-corrected chi connectivity index (χ1v) is 5.21. The van der Waals surface area contributed by atoms with Gasteiger partial charge in [0.15, 0.2) is 11.6 Å². The molecule has 0 aromatic carbocycles. The van der Waals surface area contributed by atoms with Crippen LogP contribution in [0.4, 0.5) is 0 Å². The van der Waals surface area contributed by atoms with Crippen LogP contribution in [0.3, 0.4) is 0 Å². The van der Waals surface area contributed by atoms with E-state index in [1.165, 1.54) is 13.0 Å². The Morgan fingerprint density at radius 1 is 1.38 bits per heavy atom. The first-order valence-electron chi connectivity index (χ1n) is 5.21. The smallest absolute Gasteiger partial charge is 0.308 e. The molecule has 1 rings (SSSR count). The minimum absolute atomic E-state index is 0.0273. The Balaban J connectivity index is 2.45. The number of aliphatic carboxylic acids is 1. The summed E-state index contributed by atoms with van der Waals surface area (Å²) in [6.07, 6.45) is 4.01. The molecule has 0 aliphatic carbocycles. The molecular formula is C11H16O5. The molecule has 90 valence electrons. The lowest BCUT2D eigenvalue weighted by molar-refractivity contribution is -0.181. The van der Waals surface area contributed by atoms with Gasteiger partial charge in [-0.3, -0.25) is 9.59 Å². The van der Waals surface area contributed by atoms with Gasteiger partial charge in [0.1, 0.15) is 0 Å². The maximum absolute atomic E-state index is 10.7. The number of carbonyl (C=O) groups is 2. The maximum atomic E-state index is 10.7. The number of carbonyl (C=O) groups excluding carboxylic acids is 1. The van der Waals surface area contributed by atoms with Crippen LogP contribution in [-0.2, 0) is 19.1 Å². The lowest BCUT2D eigenvalue weighted by Crippen LogP contribution is -2.32. The predicted octanol–water partition coefficient (Wildman–Crippen LogP) is 1.13. The van der Waals surface area contributed by atoms with E-state index in [1.54, 1.807) is 6.08 Å². The van der Waals surface area contributed by atoms with Crippen LogP contribution < -0.4 is 0 Å². The van der Waals surface area contributed by atoms with E-state index >= 15 is 0 Å². The van der Waals surface area contributed by atoms with Crippen LogP contribution in [0.2, 0.25) is 0 Å². The van der Waals surface area contributed by atoms with Crippen molar-refractivity contribution in [3.63, 3.8) is 0 Å². The predicted molar refractivity (Wildman–Crippen MR) is 55.9 cm³/mol. The Labute approximate surface area is 94.0 Å². The van der Waals surface area contributed by atoms with E-state index in [2.05, 4.69) is 0 Å². The fourth-order valence-electron chi connectivity index (χ4n) is 1.61. The van der Waals surface area contributed by atoms with Crippen molar-refractivity contribution in [3.8, 4) is 0 Å². The van der Waals surface area contributed by atoms with Gasteiger partial charge in [-0.25, -0.2) is 0 Å². The molecule has 0 bridgehead atoms. The number of allylic oxidation sites excluding steroid dienone is 2. The van der Waals surface area contributed by atoms with Crippen molar-refractivity contribution in [1.29, 1.82) is 0 Å². The molecule has 1 heterocycles. The highest BCUT2D eigenvalue weighted by Gasteiger charge is 2.38. The number of ketones is 1. The summed E-state index contributed by atoms with van der Waals surface area (Å²) in [5, 5.41) is 8.75. The molecular weight excluding hydrogens is 212 g/mol. The fourth-order valence-corrected chi connectivity index (χ4v) is 1.61. The van der Waals surface area contributed by atoms with Gasteiger partial charge in [0.05, 0.1) is 19.6 Å². The first kappa shape index (κ1) is 12.9. The summed E-state index contributed by atoms with van der Waals surface area (Å²) < 4.78 is 10.7. The molecule has 0 aromatic rings. The monoisotopic (exact) mass is 228 g/mol. The summed E-state index contributed by atoms with van der Waals surface area (Å²) in [7, 11) is 0. The zero-order chi connectivity index (χ0) is 12.0. The number of carboxylic acid groups (broad SMARTS) is 1. The second kappa shape index (κ2) is 5.77. The van der Waals surface area contributed by atoms with E-state index in [0.717, 1.165) is 0 Å². The lowest BCUT2D eigenvalue weighted by Gasteiger charge is -2.24. The van der Waals surface area contributed by atoms with Crippen molar-refractivity contribution >= 4 is 11.8 Å². The average Bonchev–Trinajstić information content (AvgIpc) is 2.60. The summed E-state index contributed by atoms with van der Waals surface area (Å²) in [6, 6.07) is 0. The van der Waals surface area contributed by atoms with E-state index < -0.39 is 11.8 Å². The first-order chi connectivity index (χ1) is 7.54. The molecule has 0 amide bonds. The van der Waals surface area contributed by atoms with Crippen LogP contribution in [0.1, 0.15) is 26.2 Å². The molecule has 1 N–H and O–H groups in total. The average molecular weight is 228 g/mol. The Morgan fingerprint density at radius 3 is 2.50 bits per heavy atom. The van der Waals surface area contributed by atoms with Gasteiger partial charge >= 0.3 is 5.97 Å². The van der Waals surface area contributed by atoms with Crippen LogP contribution in [0.15, 0.2) is 12.2 Å². The zero-order valence-electron chi connectivity index (χ0n) is 9.27. The molecule has 16 heavy (non-hydrogen) atoms. The van der Waals surface area contributed by atoms with Gasteiger partial charge in [0, 0.05) is 6.42 Å². The van der Waals surface area contributed by atoms with Crippen LogP contribution in [0.5, 0.6) is 0 Å². The van der Waals surface area contributed by atoms with E-state index in [4.69, 9.17) is 14.6 Å². The van der Waals surface area contributed by atoms with E-state index in [-0.39, 0.29) is 12.2 Å². The normalized spacial score (nSPS) is 19.1. The standard InChI is InChI=1S/C11H16O5/c1-9(12)4-2-3-5-11(8-10(13)14)15-6-7-16-11/h2,4H,3,5-8H2,1H3,(H,13,14)/b4-2+. The van der Waals surface area contributed by atoms with Crippen LogP contribution >= 0.6 is 0 Å². The van der Waals surface area contributed by atoms with Crippen molar-refractivity contribution in [2.24, 2.45) is 0 Å². The molecule has 1 fully saturated rings. The Morgan fingerprint density at radius 2 is 2.00 bits per heavy atom. The minimum Gasteiger partial charge on any atom is -0.481 e. The summed E-state index contributed by atoms with van der Waals surface area (Å²) in [5.74, 6) is -1.98. The molecule has 0 atom stereocenters. The number of carboxylic acids is 1. The molecule has 0 spiro atoms. The Bertz CT molecular complexity index is 289. The van der Waals surface area contributed by atoms with Gasteiger partial charge in [0.2, 0.25) is 0 Å². The molecule has 1 aliphatic heterocycles. The number of ether oxygens (including phenoxy) is 2. The molecule has 5 heteroatoms. The van der Waals surface area contributed by atoms with E-state index in [0.29, 0.717) is 26.1 Å². The molecule has 1 aliphatic rings. The quantitative estimate of drug-likeness (QED) is 0.690. The summed E-state index contributed by atoms with van der Waals surface area (Å²) in [5.41, 5.74) is 0. The molecule has 0 unspecified atom stereocenters. The van der Waals surface area contributed by atoms with Crippen molar-refractivity contribution in [3.05, 3.63) is 12.2 Å². The zero-order valence-corrected chi connectivity index (χ0v) is 9.27. The Hall–Kier alpha value is -1.20. The third-order valence-corrected chi connectivity index (χ3v) is 2.28.